The van der Waals surface area contributed by atoms with Crippen molar-refractivity contribution in [3.05, 3.63) is 23.8 Å². The fraction of sp³-hybridized carbons (Fsp3) is 0.667. The quantitative estimate of drug-likeness (QED) is 0.829. The van der Waals surface area contributed by atoms with Crippen LogP contribution < -0.4 is 14.8 Å². The molecule has 0 aliphatic carbocycles. The third-order valence-electron chi connectivity index (χ3n) is 3.73. The molecule has 1 N–H and O–H groups in total. The van der Waals surface area contributed by atoms with Crippen LogP contribution in [0.3, 0.4) is 0 Å². The van der Waals surface area contributed by atoms with Crippen LogP contribution in [0.5, 0.6) is 11.5 Å². The first-order valence-electron chi connectivity index (χ1n) is 8.09. The average Bonchev–Trinajstić information content (AvgIpc) is 2.72. The average molecular weight is 291 g/mol. The molecule has 1 aliphatic heterocycles. The number of hydrogen-bond donors (Lipinski definition) is 1. The monoisotopic (exact) mass is 291 g/mol. The summed E-state index contributed by atoms with van der Waals surface area (Å²) in [5, 5.41) is 3.47. The maximum Gasteiger partial charge on any atom is 0.165 e. The fourth-order valence-corrected chi connectivity index (χ4v) is 2.66. The Balaban J connectivity index is 2.01. The van der Waals surface area contributed by atoms with Crippen molar-refractivity contribution in [1.29, 1.82) is 0 Å². The topological polar surface area (TPSA) is 30.5 Å². The van der Waals surface area contributed by atoms with Gasteiger partial charge in [0.15, 0.2) is 11.5 Å². The molecule has 3 nitrogen and oxygen atoms in total. The lowest BCUT2D eigenvalue weighted by Crippen LogP contribution is -2.33. The molecule has 1 aromatic carbocycles. The van der Waals surface area contributed by atoms with Crippen LogP contribution in [-0.4, -0.2) is 24.8 Å². The lowest BCUT2D eigenvalue weighted by molar-refractivity contribution is 0.123. The van der Waals surface area contributed by atoms with Crippen molar-refractivity contribution in [2.75, 3.05) is 13.1 Å². The molecule has 2 rings (SSSR count). The van der Waals surface area contributed by atoms with Gasteiger partial charge in [-0.15, -0.1) is 0 Å². The SMILES string of the molecule is CCC(CNCC(C)C)Oc1cccc2c1OC(C)(C)C2. The number of hydrogen-bond acceptors (Lipinski definition) is 3. The van der Waals surface area contributed by atoms with E-state index >= 15 is 0 Å². The van der Waals surface area contributed by atoms with E-state index in [1.165, 1.54) is 5.56 Å². The molecule has 1 aliphatic rings. The molecule has 1 unspecified atom stereocenters. The Hall–Kier alpha value is -1.22. The highest BCUT2D eigenvalue weighted by atomic mass is 16.5. The van der Waals surface area contributed by atoms with Crippen molar-refractivity contribution in [2.24, 2.45) is 5.92 Å². The highest BCUT2D eigenvalue weighted by Gasteiger charge is 2.32. The zero-order valence-electron chi connectivity index (χ0n) is 14.0. The second kappa shape index (κ2) is 6.69. The second-order valence-corrected chi connectivity index (χ2v) is 6.98. The van der Waals surface area contributed by atoms with E-state index in [9.17, 15) is 0 Å². The maximum atomic E-state index is 6.19. The molecular formula is C18H29NO2. The molecule has 1 aromatic rings. The summed E-state index contributed by atoms with van der Waals surface area (Å²) in [5.41, 5.74) is 1.13. The van der Waals surface area contributed by atoms with Crippen molar-refractivity contribution in [3.8, 4) is 11.5 Å². The van der Waals surface area contributed by atoms with Gasteiger partial charge in [-0.2, -0.15) is 0 Å². The van der Waals surface area contributed by atoms with E-state index in [0.717, 1.165) is 37.4 Å². The molecule has 1 heterocycles. The summed E-state index contributed by atoms with van der Waals surface area (Å²) in [7, 11) is 0. The molecule has 3 heteroatoms. The minimum Gasteiger partial charge on any atom is -0.485 e. The van der Waals surface area contributed by atoms with Crippen LogP contribution in [0, 0.1) is 5.92 Å². The Labute approximate surface area is 129 Å². The predicted octanol–water partition coefficient (Wildman–Crippen LogP) is 3.80. The Morgan fingerprint density at radius 3 is 2.71 bits per heavy atom. The maximum absolute atomic E-state index is 6.19. The van der Waals surface area contributed by atoms with Crippen molar-refractivity contribution >= 4 is 0 Å². The number of ether oxygens (including phenoxy) is 2. The molecule has 0 aromatic heterocycles. The van der Waals surface area contributed by atoms with Crippen LogP contribution in [0.15, 0.2) is 18.2 Å². The van der Waals surface area contributed by atoms with E-state index in [-0.39, 0.29) is 11.7 Å². The summed E-state index contributed by atoms with van der Waals surface area (Å²) in [6, 6.07) is 6.22. The Bertz CT molecular complexity index is 468. The lowest BCUT2D eigenvalue weighted by atomic mass is 10.0. The smallest absolute Gasteiger partial charge is 0.165 e. The van der Waals surface area contributed by atoms with Gasteiger partial charge in [0, 0.05) is 18.5 Å². The molecule has 1 atom stereocenters. The standard InChI is InChI=1S/C18H29NO2/c1-6-15(12-19-11-13(2)3)20-16-9-7-8-14-10-18(4,5)21-17(14)16/h7-9,13,15,19H,6,10-12H2,1-5H3. The number of rotatable bonds is 7. The van der Waals surface area contributed by atoms with Crippen LogP contribution in [0.25, 0.3) is 0 Å². The molecule has 118 valence electrons. The van der Waals surface area contributed by atoms with Crippen molar-refractivity contribution in [3.63, 3.8) is 0 Å². The number of benzene rings is 1. The Kier molecular flexibility index (Phi) is 5.15. The van der Waals surface area contributed by atoms with Gasteiger partial charge in [-0.3, -0.25) is 0 Å². The summed E-state index contributed by atoms with van der Waals surface area (Å²) in [6.45, 7) is 12.7. The molecule has 21 heavy (non-hydrogen) atoms. The van der Waals surface area contributed by atoms with E-state index in [1.807, 2.05) is 6.07 Å². The van der Waals surface area contributed by atoms with Crippen LogP contribution in [0.2, 0.25) is 0 Å². The van der Waals surface area contributed by atoms with Gasteiger partial charge >= 0.3 is 0 Å². The summed E-state index contributed by atoms with van der Waals surface area (Å²) < 4.78 is 12.3. The van der Waals surface area contributed by atoms with Crippen LogP contribution >= 0.6 is 0 Å². The third-order valence-corrected chi connectivity index (χ3v) is 3.73. The number of nitrogens with one attached hydrogen (secondary N) is 1. The van der Waals surface area contributed by atoms with Crippen molar-refractivity contribution < 1.29 is 9.47 Å². The third kappa shape index (κ3) is 4.37. The molecule has 0 spiro atoms. The molecule has 0 bridgehead atoms. The van der Waals surface area contributed by atoms with Crippen LogP contribution in [0.1, 0.15) is 46.6 Å². The zero-order chi connectivity index (χ0) is 15.5. The largest absolute Gasteiger partial charge is 0.485 e. The normalized spacial score (nSPS) is 17.4. The lowest BCUT2D eigenvalue weighted by Gasteiger charge is -2.22. The van der Waals surface area contributed by atoms with E-state index in [1.54, 1.807) is 0 Å². The summed E-state index contributed by atoms with van der Waals surface area (Å²) in [5.74, 6) is 2.48. The van der Waals surface area contributed by atoms with Crippen LogP contribution in [-0.2, 0) is 6.42 Å². The van der Waals surface area contributed by atoms with Crippen LogP contribution in [0.4, 0.5) is 0 Å². The van der Waals surface area contributed by atoms with Gasteiger partial charge in [-0.25, -0.2) is 0 Å². The van der Waals surface area contributed by atoms with E-state index in [2.05, 4.69) is 52.1 Å². The predicted molar refractivity (Wildman–Crippen MR) is 87.3 cm³/mol. The summed E-state index contributed by atoms with van der Waals surface area (Å²) >= 11 is 0. The summed E-state index contributed by atoms with van der Waals surface area (Å²) in [4.78, 5) is 0. The highest BCUT2D eigenvalue weighted by molar-refractivity contribution is 5.50. The first kappa shape index (κ1) is 16.2. The summed E-state index contributed by atoms with van der Waals surface area (Å²) in [6.07, 6.45) is 2.11. The van der Waals surface area contributed by atoms with Gasteiger partial charge in [0.05, 0.1) is 0 Å². The van der Waals surface area contributed by atoms with E-state index in [4.69, 9.17) is 9.47 Å². The first-order valence-corrected chi connectivity index (χ1v) is 8.09. The minimum absolute atomic E-state index is 0.126. The molecule has 0 saturated carbocycles. The number of para-hydroxylation sites is 1. The number of fused-ring (bicyclic) bond motifs is 1. The molecule has 0 amide bonds. The zero-order valence-corrected chi connectivity index (χ0v) is 14.0. The first-order chi connectivity index (χ1) is 9.91. The molecular weight excluding hydrogens is 262 g/mol. The van der Waals surface area contributed by atoms with Crippen molar-refractivity contribution in [1.82, 2.24) is 5.32 Å². The Morgan fingerprint density at radius 1 is 1.29 bits per heavy atom. The van der Waals surface area contributed by atoms with Gasteiger partial charge in [0.2, 0.25) is 0 Å². The van der Waals surface area contributed by atoms with E-state index in [0.29, 0.717) is 5.92 Å². The minimum atomic E-state index is -0.126. The molecule has 0 saturated heterocycles. The van der Waals surface area contributed by atoms with Crippen molar-refractivity contribution in [2.45, 2.75) is 59.2 Å². The van der Waals surface area contributed by atoms with Gasteiger partial charge in [-0.1, -0.05) is 32.9 Å². The van der Waals surface area contributed by atoms with Gasteiger partial charge < -0.3 is 14.8 Å². The molecule has 0 radical (unpaired) electrons. The van der Waals surface area contributed by atoms with E-state index < -0.39 is 0 Å². The second-order valence-electron chi connectivity index (χ2n) is 6.98. The fourth-order valence-electron chi connectivity index (χ4n) is 2.66. The van der Waals surface area contributed by atoms with Gasteiger partial charge in [0.1, 0.15) is 11.7 Å². The van der Waals surface area contributed by atoms with Gasteiger partial charge in [0.25, 0.3) is 0 Å². The highest BCUT2D eigenvalue weighted by Crippen LogP contribution is 2.42. The van der Waals surface area contributed by atoms with Gasteiger partial charge in [-0.05, 0) is 38.8 Å². The molecule has 0 fully saturated rings. The Morgan fingerprint density at radius 2 is 2.05 bits per heavy atom.